The Labute approximate surface area is 192 Å². The second kappa shape index (κ2) is 7.18. The molecule has 0 atom stereocenters. The van der Waals surface area contributed by atoms with Gasteiger partial charge in [-0.2, -0.15) is 5.10 Å². The number of pyridine rings is 2. The molecule has 4 N–H and O–H groups in total. The maximum Gasteiger partial charge on any atom is 0.159 e. The minimum absolute atomic E-state index is 0.185. The molecule has 0 aliphatic carbocycles. The molecule has 0 unspecified atom stereocenters. The van der Waals surface area contributed by atoms with E-state index in [1.54, 1.807) is 37.3 Å². The van der Waals surface area contributed by atoms with Gasteiger partial charge in [0.15, 0.2) is 11.5 Å². The molecule has 6 aromatic heterocycles. The normalized spacial score (nSPS) is 14.2. The summed E-state index contributed by atoms with van der Waals surface area (Å²) in [6, 6.07) is 5.93. The molecule has 7 rings (SSSR count). The number of aromatic amines is 2. The molecule has 0 spiro atoms. The Morgan fingerprint density at radius 3 is 2.82 bits per heavy atom. The van der Waals surface area contributed by atoms with Crippen LogP contribution in [-0.4, -0.2) is 59.2 Å². The lowest BCUT2D eigenvalue weighted by molar-refractivity contribution is 0.514. The number of nitrogens with zero attached hydrogens (tertiary/aromatic N) is 7. The number of nitrogens with one attached hydrogen (secondary N) is 2. The maximum atomic E-state index is 5.91. The first-order valence-corrected chi connectivity index (χ1v) is 10.8. The van der Waals surface area contributed by atoms with Gasteiger partial charge in [-0.15, -0.1) is 0 Å². The van der Waals surface area contributed by atoms with Crippen LogP contribution in [0, 0.1) is 0 Å². The topological polar surface area (TPSA) is 151 Å². The summed E-state index contributed by atoms with van der Waals surface area (Å²) in [7, 11) is 0. The third-order valence-electron chi connectivity index (χ3n) is 5.99. The predicted octanol–water partition coefficient (Wildman–Crippen LogP) is 2.76. The van der Waals surface area contributed by atoms with Crippen LogP contribution >= 0.6 is 0 Å². The third kappa shape index (κ3) is 2.94. The van der Waals surface area contributed by atoms with Gasteiger partial charge in [0, 0.05) is 42.7 Å². The average Bonchev–Trinajstić information content (AvgIpc) is 3.60. The third-order valence-corrected chi connectivity index (χ3v) is 5.99. The molecule has 34 heavy (non-hydrogen) atoms. The van der Waals surface area contributed by atoms with Gasteiger partial charge in [0.2, 0.25) is 0 Å². The second-order valence-electron chi connectivity index (χ2n) is 8.27. The van der Waals surface area contributed by atoms with Crippen molar-refractivity contribution in [2.45, 2.75) is 6.04 Å². The monoisotopic (exact) mass is 450 g/mol. The summed E-state index contributed by atoms with van der Waals surface area (Å²) >= 11 is 0. The molecule has 1 aliphatic rings. The van der Waals surface area contributed by atoms with Gasteiger partial charge in [-0.3, -0.25) is 15.1 Å². The molecule has 0 radical (unpaired) electrons. The summed E-state index contributed by atoms with van der Waals surface area (Å²) in [4.78, 5) is 28.4. The van der Waals surface area contributed by atoms with Gasteiger partial charge in [-0.05, 0) is 18.2 Å². The summed E-state index contributed by atoms with van der Waals surface area (Å²) in [6.45, 7) is 1.56. The lowest BCUT2D eigenvalue weighted by atomic mass is 10.1. The fourth-order valence-electron chi connectivity index (χ4n) is 4.23. The van der Waals surface area contributed by atoms with Crippen LogP contribution < -0.4 is 10.6 Å². The van der Waals surface area contributed by atoms with Crippen LogP contribution in [0.15, 0.2) is 59.9 Å². The molecule has 1 aliphatic heterocycles. The van der Waals surface area contributed by atoms with E-state index in [0.29, 0.717) is 17.2 Å². The lowest BCUT2D eigenvalue weighted by Crippen LogP contribution is -2.56. The molecule has 6 aromatic rings. The molecule has 0 amide bonds. The van der Waals surface area contributed by atoms with E-state index in [9.17, 15) is 0 Å². The fraction of sp³-hybridized carbons (Fsp3) is 0.130. The van der Waals surface area contributed by atoms with Gasteiger partial charge in [0.05, 0.1) is 41.5 Å². The van der Waals surface area contributed by atoms with E-state index in [1.165, 1.54) is 0 Å². The predicted molar refractivity (Wildman–Crippen MR) is 126 cm³/mol. The van der Waals surface area contributed by atoms with E-state index in [-0.39, 0.29) is 6.04 Å². The molecule has 0 bridgehead atoms. The number of hydrogen-bond acceptors (Lipinski definition) is 9. The van der Waals surface area contributed by atoms with Crippen LogP contribution in [0.3, 0.4) is 0 Å². The number of H-pyrrole nitrogens is 2. The number of nitrogens with two attached hydrogens (primary N) is 1. The van der Waals surface area contributed by atoms with Crippen molar-refractivity contribution >= 4 is 27.9 Å². The molecule has 166 valence electrons. The highest BCUT2D eigenvalue weighted by Gasteiger charge is 2.25. The van der Waals surface area contributed by atoms with E-state index < -0.39 is 0 Å². The zero-order valence-corrected chi connectivity index (χ0v) is 17.8. The molecule has 11 nitrogen and oxygen atoms in total. The van der Waals surface area contributed by atoms with Crippen molar-refractivity contribution in [3.8, 4) is 34.0 Å². The number of hydrogen-bond donors (Lipinski definition) is 3. The van der Waals surface area contributed by atoms with Crippen LogP contribution in [0.1, 0.15) is 0 Å². The number of imidazole rings is 1. The Hall–Kier alpha value is -4.64. The fourth-order valence-corrected chi connectivity index (χ4v) is 4.23. The summed E-state index contributed by atoms with van der Waals surface area (Å²) in [5.41, 5.74) is 12.0. The van der Waals surface area contributed by atoms with E-state index in [1.807, 2.05) is 18.2 Å². The minimum atomic E-state index is 0.185. The lowest BCUT2D eigenvalue weighted by Gasteiger charge is -2.37. The smallest absolute Gasteiger partial charge is 0.159 e. The van der Waals surface area contributed by atoms with Crippen molar-refractivity contribution in [2.75, 3.05) is 18.0 Å². The van der Waals surface area contributed by atoms with E-state index in [4.69, 9.17) is 20.1 Å². The molecule has 11 heteroatoms. The van der Waals surface area contributed by atoms with Gasteiger partial charge in [0.25, 0.3) is 0 Å². The molecule has 0 saturated carbocycles. The minimum Gasteiger partial charge on any atom is -0.472 e. The standard InChI is InChI=1S/C23H18N10O/c24-14-9-33(10-14)18-8-25-7-17(28-18)13-5-15-20(31-32-22(15)27-6-13)23-29-16-1-3-26-19(21(16)30-23)12-2-4-34-11-12/h1-8,11,14H,9-10,24H2,(H,29,30)(H,27,31,32). The first-order valence-electron chi connectivity index (χ1n) is 10.8. The van der Waals surface area contributed by atoms with Gasteiger partial charge in [-0.1, -0.05) is 0 Å². The van der Waals surface area contributed by atoms with Crippen LogP contribution in [0.25, 0.3) is 56.1 Å². The highest BCUT2D eigenvalue weighted by Crippen LogP contribution is 2.31. The first-order chi connectivity index (χ1) is 16.7. The van der Waals surface area contributed by atoms with Gasteiger partial charge in [0.1, 0.15) is 22.7 Å². The number of anilines is 1. The van der Waals surface area contributed by atoms with E-state index >= 15 is 0 Å². The van der Waals surface area contributed by atoms with Crippen molar-refractivity contribution in [2.24, 2.45) is 5.73 Å². The van der Waals surface area contributed by atoms with Gasteiger partial charge in [-0.25, -0.2) is 15.0 Å². The van der Waals surface area contributed by atoms with E-state index in [2.05, 4.69) is 35.0 Å². The highest BCUT2D eigenvalue weighted by molar-refractivity contribution is 5.96. The Kier molecular flexibility index (Phi) is 3.99. The molecular formula is C23H18N10O. The van der Waals surface area contributed by atoms with Crippen LogP contribution in [-0.2, 0) is 0 Å². The summed E-state index contributed by atoms with van der Waals surface area (Å²) < 4.78 is 5.23. The molecule has 1 fully saturated rings. The summed E-state index contributed by atoms with van der Waals surface area (Å²) in [5, 5.41) is 8.31. The van der Waals surface area contributed by atoms with Crippen LogP contribution in [0.4, 0.5) is 5.82 Å². The maximum absolute atomic E-state index is 5.91. The molecule has 7 heterocycles. The largest absolute Gasteiger partial charge is 0.472 e. The quantitative estimate of drug-likeness (QED) is 0.368. The van der Waals surface area contributed by atoms with Crippen molar-refractivity contribution in [3.63, 3.8) is 0 Å². The Morgan fingerprint density at radius 2 is 1.97 bits per heavy atom. The first kappa shape index (κ1) is 18.9. The zero-order chi connectivity index (χ0) is 22.6. The van der Waals surface area contributed by atoms with Gasteiger partial charge >= 0.3 is 0 Å². The number of fused-ring (bicyclic) bond motifs is 2. The van der Waals surface area contributed by atoms with Crippen molar-refractivity contribution in [1.82, 2.24) is 40.1 Å². The molecule has 1 saturated heterocycles. The zero-order valence-electron chi connectivity index (χ0n) is 17.8. The Balaban J connectivity index is 1.31. The number of aromatic nitrogens is 8. The molecule has 0 aromatic carbocycles. The highest BCUT2D eigenvalue weighted by atomic mass is 16.3. The Bertz CT molecular complexity index is 1650. The van der Waals surface area contributed by atoms with Crippen LogP contribution in [0.2, 0.25) is 0 Å². The van der Waals surface area contributed by atoms with Crippen molar-refractivity contribution in [3.05, 3.63) is 55.5 Å². The van der Waals surface area contributed by atoms with Crippen molar-refractivity contribution in [1.29, 1.82) is 0 Å². The second-order valence-corrected chi connectivity index (χ2v) is 8.27. The SMILES string of the molecule is NC1CN(c2cncc(-c3cnc4[nH]nc(-c5nc6c(-c7ccoc7)nccc6[nH]5)c4c3)n2)C1. The number of rotatable bonds is 4. The summed E-state index contributed by atoms with van der Waals surface area (Å²) in [5.74, 6) is 1.43. The Morgan fingerprint density at radius 1 is 1.03 bits per heavy atom. The van der Waals surface area contributed by atoms with Crippen molar-refractivity contribution < 1.29 is 4.42 Å². The average molecular weight is 450 g/mol. The molecular weight excluding hydrogens is 432 g/mol. The van der Waals surface area contributed by atoms with E-state index in [0.717, 1.165) is 57.8 Å². The van der Waals surface area contributed by atoms with Gasteiger partial charge < -0.3 is 20.0 Å². The number of furan rings is 1. The summed E-state index contributed by atoms with van der Waals surface area (Å²) in [6.07, 6.45) is 10.3. The van der Waals surface area contributed by atoms with Crippen LogP contribution in [0.5, 0.6) is 0 Å².